The minimum absolute atomic E-state index is 0.552. The van der Waals surface area contributed by atoms with Crippen molar-refractivity contribution in [1.82, 2.24) is 0 Å². The van der Waals surface area contributed by atoms with Gasteiger partial charge in [-0.25, -0.2) is 0 Å². The molecule has 0 saturated carbocycles. The maximum absolute atomic E-state index is 2.47. The number of benzene rings is 8. The van der Waals surface area contributed by atoms with Gasteiger partial charge in [0.25, 0.3) is 0 Å². The van der Waals surface area contributed by atoms with Gasteiger partial charge in [0.1, 0.15) is 0 Å². The highest BCUT2D eigenvalue weighted by Crippen LogP contribution is 2.61. The van der Waals surface area contributed by atoms with Crippen LogP contribution in [0.4, 0.5) is 0 Å². The van der Waals surface area contributed by atoms with Gasteiger partial charge in [-0.2, -0.15) is 0 Å². The van der Waals surface area contributed by atoms with E-state index in [1.807, 2.05) is 0 Å². The van der Waals surface area contributed by atoms with Crippen LogP contribution in [-0.2, 0) is 5.41 Å². The number of rotatable bonds is 2. The van der Waals surface area contributed by atoms with Crippen molar-refractivity contribution < 1.29 is 0 Å². The first-order valence-electron chi connectivity index (χ1n) is 15.2. The third kappa shape index (κ3) is 3.27. The second-order valence-electron chi connectivity index (χ2n) is 12.2. The molecule has 1 aliphatic carbocycles. The van der Waals surface area contributed by atoms with Gasteiger partial charge in [0, 0.05) is 0 Å². The molecule has 0 amide bonds. The van der Waals surface area contributed by atoms with Crippen LogP contribution in [0.25, 0.3) is 54.2 Å². The molecule has 0 unspecified atom stereocenters. The lowest BCUT2D eigenvalue weighted by Crippen LogP contribution is -2.30. The molecule has 9 rings (SSSR count). The van der Waals surface area contributed by atoms with Crippen molar-refractivity contribution in [2.24, 2.45) is 0 Å². The molecule has 8 aromatic carbocycles. The molecule has 0 heteroatoms. The summed E-state index contributed by atoms with van der Waals surface area (Å²) in [5, 5.41) is 10.3. The highest BCUT2D eigenvalue weighted by molar-refractivity contribution is 6.12. The van der Waals surface area contributed by atoms with Gasteiger partial charge in [-0.3, -0.25) is 0 Å². The molecule has 202 valence electrons. The number of hydrogen-bond donors (Lipinski definition) is 0. The van der Waals surface area contributed by atoms with E-state index in [0.717, 1.165) is 0 Å². The van der Waals surface area contributed by atoms with Gasteiger partial charge >= 0.3 is 0 Å². The predicted molar refractivity (Wildman–Crippen MR) is 183 cm³/mol. The number of fused-ring (bicyclic) bond motifs is 7. The monoisotopic (exact) mass is 546 g/mol. The van der Waals surface area contributed by atoms with Crippen LogP contribution in [0.2, 0.25) is 0 Å². The van der Waals surface area contributed by atoms with E-state index in [9.17, 15) is 0 Å². The molecule has 0 N–H and O–H groups in total. The molecule has 0 heterocycles. The third-order valence-corrected chi connectivity index (χ3v) is 9.74. The van der Waals surface area contributed by atoms with Crippen LogP contribution >= 0.6 is 0 Å². The molecule has 0 spiro atoms. The molecule has 0 atom stereocenters. The van der Waals surface area contributed by atoms with E-state index in [4.69, 9.17) is 0 Å². The van der Waals surface area contributed by atoms with Crippen LogP contribution in [0.15, 0.2) is 146 Å². The van der Waals surface area contributed by atoms with E-state index in [0.29, 0.717) is 0 Å². The Morgan fingerprint density at radius 2 is 0.674 bits per heavy atom. The van der Waals surface area contributed by atoms with E-state index in [1.165, 1.54) is 87.6 Å². The zero-order chi connectivity index (χ0) is 28.7. The largest absolute Gasteiger partial charge is 0.0737 e. The van der Waals surface area contributed by atoms with Gasteiger partial charge in [0.2, 0.25) is 0 Å². The summed E-state index contributed by atoms with van der Waals surface area (Å²) in [7, 11) is 0. The van der Waals surface area contributed by atoms with Crippen LogP contribution in [0.3, 0.4) is 0 Å². The van der Waals surface area contributed by atoms with E-state index in [-0.39, 0.29) is 0 Å². The Hall–Kier alpha value is -5.20. The molecular formula is C43H30. The van der Waals surface area contributed by atoms with E-state index < -0.39 is 5.41 Å². The topological polar surface area (TPSA) is 0 Å². The van der Waals surface area contributed by atoms with Crippen molar-refractivity contribution in [3.8, 4) is 11.1 Å². The average Bonchev–Trinajstić information content (AvgIpc) is 3.31. The van der Waals surface area contributed by atoms with Gasteiger partial charge in [-0.15, -0.1) is 0 Å². The summed E-state index contributed by atoms with van der Waals surface area (Å²) in [5.41, 5.74) is 10.2. The quantitative estimate of drug-likeness (QED) is 0.189. The highest BCUT2D eigenvalue weighted by Gasteiger charge is 2.49. The lowest BCUT2D eigenvalue weighted by atomic mass is 9.63. The van der Waals surface area contributed by atoms with Gasteiger partial charge in [0.15, 0.2) is 0 Å². The summed E-state index contributed by atoms with van der Waals surface area (Å²) >= 11 is 0. The summed E-state index contributed by atoms with van der Waals surface area (Å²) in [6.07, 6.45) is 0. The minimum atomic E-state index is -0.552. The van der Waals surface area contributed by atoms with E-state index in [1.54, 1.807) is 0 Å². The second-order valence-corrected chi connectivity index (χ2v) is 12.2. The molecule has 0 aliphatic heterocycles. The summed E-state index contributed by atoms with van der Waals surface area (Å²) in [6, 6.07) is 55.0. The first-order chi connectivity index (χ1) is 21.1. The third-order valence-electron chi connectivity index (χ3n) is 9.74. The van der Waals surface area contributed by atoms with Gasteiger partial charge in [-0.05, 0) is 102 Å². The Morgan fingerprint density at radius 1 is 0.349 bits per heavy atom. The Balaban J connectivity index is 1.67. The molecule has 43 heavy (non-hydrogen) atoms. The summed E-state index contributed by atoms with van der Waals surface area (Å²) < 4.78 is 0. The smallest absolute Gasteiger partial charge is 0.0616 e. The predicted octanol–water partition coefficient (Wildman–Crippen LogP) is 11.3. The molecule has 0 fully saturated rings. The lowest BCUT2D eigenvalue weighted by molar-refractivity contribution is 0.798. The minimum Gasteiger partial charge on any atom is -0.0616 e. The van der Waals surface area contributed by atoms with Gasteiger partial charge in [-0.1, -0.05) is 145 Å². The fourth-order valence-electron chi connectivity index (χ4n) is 8.05. The normalized spacial score (nSPS) is 13.5. The maximum atomic E-state index is 2.47. The van der Waals surface area contributed by atoms with Crippen molar-refractivity contribution in [1.29, 1.82) is 0 Å². The van der Waals surface area contributed by atoms with Gasteiger partial charge in [0.05, 0.1) is 5.41 Å². The molecule has 8 aromatic rings. The summed E-state index contributed by atoms with van der Waals surface area (Å²) in [4.78, 5) is 0. The Kier molecular flexibility index (Phi) is 5.05. The summed E-state index contributed by atoms with van der Waals surface area (Å²) in [5.74, 6) is 0. The molecular weight excluding hydrogens is 516 g/mol. The molecule has 1 aliphatic rings. The molecule has 0 radical (unpaired) electrons. The maximum Gasteiger partial charge on any atom is 0.0737 e. The first-order valence-corrected chi connectivity index (χ1v) is 15.2. The SMILES string of the molecule is Cc1ccc2c(c1)C(c1c3ccccc3cc3ccccc13)(c1c3ccccc3cc3ccccc13)c1cc(C)ccc1-2. The fourth-order valence-corrected chi connectivity index (χ4v) is 8.05. The van der Waals surface area contributed by atoms with Crippen LogP contribution in [0, 0.1) is 13.8 Å². The summed E-state index contributed by atoms with van der Waals surface area (Å²) in [6.45, 7) is 4.48. The zero-order valence-corrected chi connectivity index (χ0v) is 24.4. The van der Waals surface area contributed by atoms with Crippen molar-refractivity contribution in [2.45, 2.75) is 19.3 Å². The van der Waals surface area contributed by atoms with Crippen LogP contribution in [0.1, 0.15) is 33.4 Å². The van der Waals surface area contributed by atoms with Crippen molar-refractivity contribution in [2.75, 3.05) is 0 Å². The van der Waals surface area contributed by atoms with Crippen molar-refractivity contribution >= 4 is 43.1 Å². The number of aryl methyl sites for hydroxylation is 2. The highest BCUT2D eigenvalue weighted by atomic mass is 14.5. The van der Waals surface area contributed by atoms with Crippen LogP contribution < -0.4 is 0 Å². The standard InChI is InChI=1S/C43H30/c1-27-19-21-37-38-22-20-28(2)24-40(38)43(39(37)23-27,41-33-15-7-3-11-29(33)25-30-12-4-8-16-34(30)41)42-35-17-9-5-13-31(35)26-32-14-6-10-18-36(32)42/h3-26H,1-2H3. The van der Waals surface area contributed by atoms with Crippen molar-refractivity contribution in [3.63, 3.8) is 0 Å². The average molecular weight is 547 g/mol. The zero-order valence-electron chi connectivity index (χ0n) is 24.4. The Morgan fingerprint density at radius 3 is 1.02 bits per heavy atom. The fraction of sp³-hybridized carbons (Fsp3) is 0.0698. The Bertz CT molecular complexity index is 2140. The van der Waals surface area contributed by atoms with Crippen molar-refractivity contribution in [3.05, 3.63) is 179 Å². The van der Waals surface area contributed by atoms with E-state index in [2.05, 4.69) is 159 Å². The first kappa shape index (κ1) is 24.4. The lowest BCUT2D eigenvalue weighted by Gasteiger charge is -2.38. The van der Waals surface area contributed by atoms with E-state index >= 15 is 0 Å². The Labute approximate surface area is 251 Å². The van der Waals surface area contributed by atoms with Crippen LogP contribution in [0.5, 0.6) is 0 Å². The number of hydrogen-bond acceptors (Lipinski definition) is 0. The molecule has 0 nitrogen and oxygen atoms in total. The molecule has 0 saturated heterocycles. The van der Waals surface area contributed by atoms with Crippen LogP contribution in [-0.4, -0.2) is 0 Å². The van der Waals surface area contributed by atoms with Gasteiger partial charge < -0.3 is 0 Å². The molecule has 0 bridgehead atoms. The second kappa shape index (κ2) is 8.90. The molecule has 0 aromatic heterocycles.